The lowest BCUT2D eigenvalue weighted by Crippen LogP contribution is -2.50. The van der Waals surface area contributed by atoms with Crippen LogP contribution in [0.1, 0.15) is 76.0 Å². The predicted molar refractivity (Wildman–Crippen MR) is 96.2 cm³/mol. The Morgan fingerprint density at radius 1 is 1.19 bits per heavy atom. The number of rotatable bonds is 2. The quantitative estimate of drug-likeness (QED) is 0.598. The minimum Gasteiger partial charge on any atom is -0.119 e. The highest BCUT2D eigenvalue weighted by Crippen LogP contribution is 2.59. The van der Waals surface area contributed by atoms with E-state index < -0.39 is 0 Å². The summed E-state index contributed by atoms with van der Waals surface area (Å²) in [6, 6.07) is 7.40. The van der Waals surface area contributed by atoms with Crippen LogP contribution >= 0.6 is 8.58 Å². The summed E-state index contributed by atoms with van der Waals surface area (Å²) in [5.74, 6) is 1.54. The lowest BCUT2D eigenvalue weighted by atomic mass is 9.54. The highest BCUT2D eigenvalue weighted by atomic mass is 31.1. The number of aryl methyl sites for hydroxylation is 1. The molecule has 3 rings (SSSR count). The fourth-order valence-electron chi connectivity index (χ4n) is 5.17. The molecular weight excluding hydrogens is 271 g/mol. The zero-order chi connectivity index (χ0) is 15.3. The van der Waals surface area contributed by atoms with Gasteiger partial charge in [0.15, 0.2) is 0 Å². The van der Waals surface area contributed by atoms with Crippen LogP contribution in [0.25, 0.3) is 0 Å². The third-order valence-electron chi connectivity index (χ3n) is 6.62. The van der Waals surface area contributed by atoms with E-state index in [0.717, 1.165) is 14.5 Å². The number of benzene rings is 1. The number of fused-ring (bicyclic) bond motifs is 3. The first kappa shape index (κ1) is 15.5. The third kappa shape index (κ3) is 2.39. The molecule has 0 aliphatic heterocycles. The van der Waals surface area contributed by atoms with Crippen molar-refractivity contribution in [1.82, 2.24) is 0 Å². The SMILES string of the molecule is CPC1(C)CCCC2(C)c3ccc(C(C)C)cc3CCC12. The maximum atomic E-state index is 2.57. The lowest BCUT2D eigenvalue weighted by molar-refractivity contribution is 0.138. The van der Waals surface area contributed by atoms with E-state index in [2.05, 4.69) is 52.6 Å². The molecule has 0 N–H and O–H groups in total. The van der Waals surface area contributed by atoms with Crippen LogP contribution in [0.3, 0.4) is 0 Å². The van der Waals surface area contributed by atoms with Gasteiger partial charge in [-0.3, -0.25) is 0 Å². The van der Waals surface area contributed by atoms with Gasteiger partial charge in [-0.15, -0.1) is 8.58 Å². The molecule has 1 saturated carbocycles. The van der Waals surface area contributed by atoms with E-state index in [1.807, 2.05) is 0 Å². The molecule has 4 unspecified atom stereocenters. The molecule has 0 saturated heterocycles. The van der Waals surface area contributed by atoms with Gasteiger partial charge in [0.25, 0.3) is 0 Å². The summed E-state index contributed by atoms with van der Waals surface area (Å²) in [5.41, 5.74) is 5.29. The van der Waals surface area contributed by atoms with Crippen LogP contribution in [-0.2, 0) is 11.8 Å². The fraction of sp³-hybridized carbons (Fsp3) is 0.700. The Bertz CT molecular complexity index is 533. The Morgan fingerprint density at radius 3 is 2.62 bits per heavy atom. The second kappa shape index (κ2) is 5.38. The minimum absolute atomic E-state index is 0.430. The fourth-order valence-corrected chi connectivity index (χ4v) is 6.41. The predicted octanol–water partition coefficient (Wildman–Crippen LogP) is 5.88. The molecule has 0 amide bonds. The van der Waals surface area contributed by atoms with E-state index in [4.69, 9.17) is 0 Å². The summed E-state index contributed by atoms with van der Waals surface area (Å²) in [4.78, 5) is 0. The van der Waals surface area contributed by atoms with Gasteiger partial charge < -0.3 is 0 Å². The maximum Gasteiger partial charge on any atom is -0.00357 e. The Balaban J connectivity index is 2.05. The average Bonchev–Trinajstić information content (AvgIpc) is 2.46. The molecule has 0 radical (unpaired) electrons. The van der Waals surface area contributed by atoms with E-state index in [1.54, 1.807) is 11.1 Å². The van der Waals surface area contributed by atoms with Gasteiger partial charge in [-0.1, -0.05) is 52.3 Å². The van der Waals surface area contributed by atoms with Crippen molar-refractivity contribution in [1.29, 1.82) is 0 Å². The average molecular weight is 302 g/mol. The van der Waals surface area contributed by atoms with Gasteiger partial charge in [0.2, 0.25) is 0 Å². The van der Waals surface area contributed by atoms with Crippen LogP contribution in [0, 0.1) is 5.92 Å². The van der Waals surface area contributed by atoms with Crippen LogP contribution in [0.5, 0.6) is 0 Å². The maximum absolute atomic E-state index is 2.57. The number of hydrogen-bond acceptors (Lipinski definition) is 0. The summed E-state index contributed by atoms with van der Waals surface area (Å²) in [6.07, 6.45) is 6.96. The second-order valence-corrected chi connectivity index (χ2v) is 9.74. The molecule has 1 fully saturated rings. The summed E-state index contributed by atoms with van der Waals surface area (Å²) in [5, 5.41) is 0.585. The zero-order valence-corrected chi connectivity index (χ0v) is 15.4. The Labute approximate surface area is 132 Å². The summed E-state index contributed by atoms with van der Waals surface area (Å²) >= 11 is 0. The van der Waals surface area contributed by atoms with Crippen LogP contribution in [0.2, 0.25) is 0 Å². The molecule has 4 atom stereocenters. The van der Waals surface area contributed by atoms with E-state index in [9.17, 15) is 0 Å². The van der Waals surface area contributed by atoms with Crippen LogP contribution in [-0.4, -0.2) is 11.8 Å². The monoisotopic (exact) mass is 302 g/mol. The smallest absolute Gasteiger partial charge is 0.00357 e. The second-order valence-electron chi connectivity index (χ2n) is 8.10. The first-order valence-electron chi connectivity index (χ1n) is 8.73. The molecule has 1 aromatic carbocycles. The van der Waals surface area contributed by atoms with E-state index >= 15 is 0 Å². The van der Waals surface area contributed by atoms with Gasteiger partial charge in [0.1, 0.15) is 0 Å². The first-order chi connectivity index (χ1) is 9.90. The third-order valence-corrected chi connectivity index (χ3v) is 8.36. The van der Waals surface area contributed by atoms with Gasteiger partial charge in [0.05, 0.1) is 0 Å². The van der Waals surface area contributed by atoms with Gasteiger partial charge in [0, 0.05) is 0 Å². The van der Waals surface area contributed by atoms with Crippen molar-refractivity contribution in [2.45, 2.75) is 76.3 Å². The van der Waals surface area contributed by atoms with Gasteiger partial charge >= 0.3 is 0 Å². The highest BCUT2D eigenvalue weighted by Gasteiger charge is 2.50. The number of hydrogen-bond donors (Lipinski definition) is 0. The van der Waals surface area contributed by atoms with E-state index in [1.165, 1.54) is 37.7 Å². The van der Waals surface area contributed by atoms with Crippen molar-refractivity contribution in [2.24, 2.45) is 5.92 Å². The molecule has 0 heterocycles. The van der Waals surface area contributed by atoms with Crippen LogP contribution in [0.15, 0.2) is 18.2 Å². The Kier molecular flexibility index (Phi) is 3.98. The topological polar surface area (TPSA) is 0 Å². The molecule has 1 aromatic rings. The minimum atomic E-state index is 0.430. The molecular formula is C20H31P. The first-order valence-corrected chi connectivity index (χ1v) is 10.2. The largest absolute Gasteiger partial charge is 0.119 e. The van der Waals surface area contributed by atoms with Crippen molar-refractivity contribution in [3.05, 3.63) is 34.9 Å². The van der Waals surface area contributed by atoms with Crippen LogP contribution < -0.4 is 0 Å². The molecule has 2 aliphatic carbocycles. The van der Waals surface area contributed by atoms with Crippen molar-refractivity contribution in [3.8, 4) is 0 Å². The van der Waals surface area contributed by atoms with Crippen molar-refractivity contribution >= 4 is 8.58 Å². The summed E-state index contributed by atoms with van der Waals surface area (Å²) in [6.45, 7) is 12.2. The van der Waals surface area contributed by atoms with Gasteiger partial charge in [-0.25, -0.2) is 0 Å². The summed E-state index contributed by atoms with van der Waals surface area (Å²) in [7, 11) is 1.08. The zero-order valence-electron chi connectivity index (χ0n) is 14.4. The van der Waals surface area contributed by atoms with E-state index in [-0.39, 0.29) is 0 Å². The van der Waals surface area contributed by atoms with Gasteiger partial charge in [-0.05, 0) is 71.4 Å². The highest BCUT2D eigenvalue weighted by molar-refractivity contribution is 7.39. The molecule has 0 nitrogen and oxygen atoms in total. The Morgan fingerprint density at radius 2 is 1.95 bits per heavy atom. The van der Waals surface area contributed by atoms with Crippen molar-refractivity contribution in [3.63, 3.8) is 0 Å². The Hall–Kier alpha value is -0.350. The normalized spacial score (nSPS) is 36.0. The van der Waals surface area contributed by atoms with E-state index in [0.29, 0.717) is 16.5 Å². The van der Waals surface area contributed by atoms with Crippen molar-refractivity contribution < 1.29 is 0 Å². The molecule has 116 valence electrons. The lowest BCUT2D eigenvalue weighted by Gasteiger charge is -2.55. The molecule has 0 spiro atoms. The van der Waals surface area contributed by atoms with Crippen LogP contribution in [0.4, 0.5) is 0 Å². The molecule has 21 heavy (non-hydrogen) atoms. The molecule has 2 aliphatic rings. The van der Waals surface area contributed by atoms with Crippen molar-refractivity contribution in [2.75, 3.05) is 6.66 Å². The molecule has 0 bridgehead atoms. The summed E-state index contributed by atoms with van der Waals surface area (Å²) < 4.78 is 0. The van der Waals surface area contributed by atoms with Gasteiger partial charge in [-0.2, -0.15) is 0 Å². The standard InChI is InChI=1S/C20H31P/c1-14(2)15-7-9-17-16(13-15)8-10-18-19(17,3)11-6-12-20(18,4)21-5/h7,9,13-14,18,21H,6,8,10-12H2,1-5H3. The molecule has 0 aromatic heterocycles. The molecule has 1 heteroatoms.